The van der Waals surface area contributed by atoms with Gasteiger partial charge in [0.05, 0.1) is 31.1 Å². The number of aliphatic imine (C=N–C) groups is 2. The van der Waals surface area contributed by atoms with E-state index in [2.05, 4.69) is 21.0 Å². The van der Waals surface area contributed by atoms with Gasteiger partial charge in [0.25, 0.3) is 0 Å². The van der Waals surface area contributed by atoms with Crippen LogP contribution in [0, 0.1) is 12.8 Å². The molecule has 0 amide bonds. The Hall–Kier alpha value is -2.35. The second kappa shape index (κ2) is 7.90. The normalized spacial score (nSPS) is 15.2. The van der Waals surface area contributed by atoms with Gasteiger partial charge in [0, 0.05) is 17.7 Å². The molecule has 0 unspecified atom stereocenters. The Labute approximate surface area is 156 Å². The van der Waals surface area contributed by atoms with Crippen molar-refractivity contribution >= 4 is 46.5 Å². The summed E-state index contributed by atoms with van der Waals surface area (Å²) in [6.45, 7) is 7.35. The van der Waals surface area contributed by atoms with Gasteiger partial charge >= 0.3 is 11.9 Å². The Balaban J connectivity index is 1.86. The second-order valence-corrected chi connectivity index (χ2v) is 6.79. The lowest BCUT2D eigenvalue weighted by molar-refractivity contribution is -0.157. The van der Waals surface area contributed by atoms with E-state index in [1.54, 1.807) is 25.6 Å². The summed E-state index contributed by atoms with van der Waals surface area (Å²) >= 11 is 1.65. The van der Waals surface area contributed by atoms with Gasteiger partial charge in [-0.3, -0.25) is 19.6 Å². The number of rotatable bonds is 6. The van der Waals surface area contributed by atoms with E-state index < -0.39 is 17.9 Å². The van der Waals surface area contributed by atoms with Crippen LogP contribution in [0.1, 0.15) is 19.4 Å². The zero-order chi connectivity index (χ0) is 18.7. The molecule has 0 saturated heterocycles. The molecule has 2 heterocycles. The maximum Gasteiger partial charge on any atom is 0.325 e. The van der Waals surface area contributed by atoms with Crippen molar-refractivity contribution in [3.8, 4) is 0 Å². The van der Waals surface area contributed by atoms with Gasteiger partial charge in [-0.25, -0.2) is 0 Å². The SMILES string of the molecule is CCOC(=O)C(C=Nc1cc2c(cc1C)SC1=NCCN12)C(=O)OCC. The summed E-state index contributed by atoms with van der Waals surface area (Å²) in [7, 11) is 0. The van der Waals surface area contributed by atoms with Gasteiger partial charge in [0.1, 0.15) is 0 Å². The fourth-order valence-corrected chi connectivity index (χ4v) is 3.93. The number of carbonyl (C=O) groups is 2. The molecule has 0 saturated carbocycles. The van der Waals surface area contributed by atoms with E-state index in [9.17, 15) is 9.59 Å². The first-order valence-corrected chi connectivity index (χ1v) is 9.38. The van der Waals surface area contributed by atoms with Gasteiger partial charge in [0.15, 0.2) is 11.1 Å². The molecule has 0 spiro atoms. The molecule has 0 aliphatic carbocycles. The van der Waals surface area contributed by atoms with Crippen LogP contribution in [0.25, 0.3) is 0 Å². The van der Waals surface area contributed by atoms with Crippen LogP contribution < -0.4 is 4.90 Å². The third kappa shape index (κ3) is 3.60. The smallest absolute Gasteiger partial charge is 0.325 e. The van der Waals surface area contributed by atoms with Crippen LogP contribution in [0.4, 0.5) is 11.4 Å². The topological polar surface area (TPSA) is 80.6 Å². The van der Waals surface area contributed by atoms with Crippen LogP contribution in [0.5, 0.6) is 0 Å². The number of thioether (sulfide) groups is 1. The van der Waals surface area contributed by atoms with E-state index in [0.29, 0.717) is 5.69 Å². The van der Waals surface area contributed by atoms with Crippen molar-refractivity contribution in [2.24, 2.45) is 15.9 Å². The van der Waals surface area contributed by atoms with Gasteiger partial charge in [-0.05, 0) is 50.2 Å². The number of nitrogens with zero attached hydrogens (tertiary/aromatic N) is 3. The molecule has 0 atom stereocenters. The number of hydrogen-bond acceptors (Lipinski definition) is 8. The summed E-state index contributed by atoms with van der Waals surface area (Å²) in [6, 6.07) is 4.02. The molecule has 8 heteroatoms. The third-order valence-corrected chi connectivity index (χ3v) is 5.09. The Bertz CT molecular complexity index is 773. The first-order chi connectivity index (χ1) is 12.5. The van der Waals surface area contributed by atoms with Crippen molar-refractivity contribution in [3.63, 3.8) is 0 Å². The Morgan fingerprint density at radius 3 is 2.65 bits per heavy atom. The summed E-state index contributed by atoms with van der Waals surface area (Å²) in [5.74, 6) is -2.48. The van der Waals surface area contributed by atoms with E-state index in [1.807, 2.05) is 13.0 Å². The number of ether oxygens (including phenoxy) is 2. The molecule has 0 aromatic heterocycles. The lowest BCUT2D eigenvalue weighted by Crippen LogP contribution is -2.29. The molecular formula is C18H21N3O4S. The number of aryl methyl sites for hydroxylation is 1. The predicted octanol–water partition coefficient (Wildman–Crippen LogP) is 2.72. The van der Waals surface area contributed by atoms with Crippen LogP contribution >= 0.6 is 11.8 Å². The molecule has 0 bridgehead atoms. The molecule has 2 aliphatic heterocycles. The largest absolute Gasteiger partial charge is 0.465 e. The average Bonchev–Trinajstić information content (AvgIpc) is 3.17. The van der Waals surface area contributed by atoms with Gasteiger partial charge in [-0.1, -0.05) is 0 Å². The number of fused-ring (bicyclic) bond motifs is 3. The second-order valence-electron chi connectivity index (χ2n) is 5.78. The summed E-state index contributed by atoms with van der Waals surface area (Å²) in [4.78, 5) is 36.3. The minimum atomic E-state index is -1.17. The highest BCUT2D eigenvalue weighted by atomic mass is 32.2. The standard InChI is InChI=1S/C18H21N3O4S/c1-4-24-16(22)12(17(23)25-5-2)10-20-13-9-14-15(8-11(13)3)26-18-19-6-7-21(14)18/h8-10,12H,4-7H2,1-3H3. The number of esters is 2. The summed E-state index contributed by atoms with van der Waals surface area (Å²) in [5.41, 5.74) is 2.73. The zero-order valence-corrected chi connectivity index (χ0v) is 15.8. The number of hydrogen-bond donors (Lipinski definition) is 0. The number of anilines is 1. The molecule has 7 nitrogen and oxygen atoms in total. The fourth-order valence-electron chi connectivity index (χ4n) is 2.76. The van der Waals surface area contributed by atoms with Crippen molar-refractivity contribution in [1.29, 1.82) is 0 Å². The number of carbonyl (C=O) groups excluding carboxylic acids is 2. The molecule has 1 aromatic carbocycles. The Morgan fingerprint density at radius 1 is 1.31 bits per heavy atom. The third-order valence-electron chi connectivity index (χ3n) is 4.01. The van der Waals surface area contributed by atoms with Crippen LogP contribution in [-0.2, 0) is 19.1 Å². The van der Waals surface area contributed by atoms with Gasteiger partial charge < -0.3 is 14.4 Å². The maximum absolute atomic E-state index is 12.1. The quantitative estimate of drug-likeness (QED) is 0.432. The van der Waals surface area contributed by atoms with Gasteiger partial charge in [-0.15, -0.1) is 0 Å². The summed E-state index contributed by atoms with van der Waals surface area (Å²) < 4.78 is 9.93. The molecule has 26 heavy (non-hydrogen) atoms. The summed E-state index contributed by atoms with van der Waals surface area (Å²) in [5, 5.41) is 1.01. The highest BCUT2D eigenvalue weighted by molar-refractivity contribution is 8.14. The van der Waals surface area contributed by atoms with Crippen molar-refractivity contribution in [3.05, 3.63) is 17.7 Å². The predicted molar refractivity (Wildman–Crippen MR) is 102 cm³/mol. The Kier molecular flexibility index (Phi) is 5.61. The molecule has 0 N–H and O–H groups in total. The monoisotopic (exact) mass is 375 g/mol. The van der Waals surface area contributed by atoms with Gasteiger partial charge in [-0.2, -0.15) is 0 Å². The van der Waals surface area contributed by atoms with Crippen molar-refractivity contribution in [1.82, 2.24) is 0 Å². The van der Waals surface area contributed by atoms with E-state index in [1.165, 1.54) is 6.21 Å². The van der Waals surface area contributed by atoms with Crippen LogP contribution in [0.3, 0.4) is 0 Å². The fraction of sp³-hybridized carbons (Fsp3) is 0.444. The average molecular weight is 375 g/mol. The van der Waals surface area contributed by atoms with Crippen molar-refractivity contribution in [2.45, 2.75) is 25.7 Å². The highest BCUT2D eigenvalue weighted by Gasteiger charge is 2.31. The molecule has 2 aliphatic rings. The summed E-state index contributed by atoms with van der Waals surface area (Å²) in [6.07, 6.45) is 1.31. The van der Waals surface area contributed by atoms with Crippen LogP contribution in [0.15, 0.2) is 27.0 Å². The lowest BCUT2D eigenvalue weighted by atomic mass is 10.1. The molecule has 1 aromatic rings. The Morgan fingerprint density at radius 2 is 2.00 bits per heavy atom. The lowest BCUT2D eigenvalue weighted by Gasteiger charge is -2.14. The van der Waals surface area contributed by atoms with Crippen LogP contribution in [-0.4, -0.2) is 49.6 Å². The van der Waals surface area contributed by atoms with E-state index in [-0.39, 0.29) is 13.2 Å². The molecule has 0 fully saturated rings. The number of amidine groups is 1. The molecular weight excluding hydrogens is 354 g/mol. The van der Waals surface area contributed by atoms with E-state index in [4.69, 9.17) is 9.47 Å². The van der Waals surface area contributed by atoms with Crippen molar-refractivity contribution < 1.29 is 19.1 Å². The van der Waals surface area contributed by atoms with Gasteiger partial charge in [0.2, 0.25) is 0 Å². The first kappa shape index (κ1) is 18.4. The van der Waals surface area contributed by atoms with E-state index in [0.717, 1.165) is 34.4 Å². The number of benzene rings is 1. The minimum Gasteiger partial charge on any atom is -0.465 e. The van der Waals surface area contributed by atoms with E-state index >= 15 is 0 Å². The van der Waals surface area contributed by atoms with Crippen LogP contribution in [0.2, 0.25) is 0 Å². The van der Waals surface area contributed by atoms with Crippen molar-refractivity contribution in [2.75, 3.05) is 31.2 Å². The highest BCUT2D eigenvalue weighted by Crippen LogP contribution is 2.44. The zero-order valence-electron chi connectivity index (χ0n) is 15.0. The molecule has 138 valence electrons. The molecule has 3 rings (SSSR count). The first-order valence-electron chi connectivity index (χ1n) is 8.57. The minimum absolute atomic E-state index is 0.189. The molecule has 0 radical (unpaired) electrons. The maximum atomic E-state index is 12.1.